The van der Waals surface area contributed by atoms with Crippen LogP contribution in [-0.2, 0) is 4.79 Å². The summed E-state index contributed by atoms with van der Waals surface area (Å²) >= 11 is 5.31. The van der Waals surface area contributed by atoms with Crippen molar-refractivity contribution in [2.24, 2.45) is 5.41 Å². The van der Waals surface area contributed by atoms with Crippen LogP contribution in [0.3, 0.4) is 0 Å². The van der Waals surface area contributed by atoms with Gasteiger partial charge in [-0.15, -0.1) is 11.6 Å². The van der Waals surface area contributed by atoms with Crippen molar-refractivity contribution < 1.29 is 9.90 Å². The van der Waals surface area contributed by atoms with Crippen LogP contribution < -0.4 is 5.32 Å². The second kappa shape index (κ2) is 4.10. The molecule has 0 aliphatic heterocycles. The van der Waals surface area contributed by atoms with E-state index in [0.717, 1.165) is 19.3 Å². The molecule has 0 unspecified atom stereocenters. The van der Waals surface area contributed by atoms with Crippen molar-refractivity contribution in [3.05, 3.63) is 0 Å². The van der Waals surface area contributed by atoms with Gasteiger partial charge in [0.15, 0.2) is 0 Å². The molecule has 0 spiro atoms. The quantitative estimate of drug-likeness (QED) is 0.636. The lowest BCUT2D eigenvalue weighted by molar-refractivity contribution is -0.119. The van der Waals surface area contributed by atoms with E-state index in [1.165, 1.54) is 0 Å². The van der Waals surface area contributed by atoms with Gasteiger partial charge in [-0.2, -0.15) is 0 Å². The first-order valence-electron chi connectivity index (χ1n) is 4.16. The highest BCUT2D eigenvalue weighted by molar-refractivity contribution is 6.27. The van der Waals surface area contributed by atoms with Crippen LogP contribution in [0.4, 0.5) is 0 Å². The third-order valence-corrected chi connectivity index (χ3v) is 2.77. The SMILES string of the molecule is O=C(CCl)NCC1(CO)CCC1. The molecule has 0 radical (unpaired) electrons. The van der Waals surface area contributed by atoms with Crippen molar-refractivity contribution in [2.45, 2.75) is 19.3 Å². The molecular formula is C8H14ClNO2. The zero-order valence-electron chi connectivity index (χ0n) is 6.98. The lowest BCUT2D eigenvalue weighted by Crippen LogP contribution is -2.44. The van der Waals surface area contributed by atoms with Crippen LogP contribution in [0.5, 0.6) is 0 Å². The number of rotatable bonds is 4. The van der Waals surface area contributed by atoms with E-state index in [2.05, 4.69) is 5.32 Å². The fourth-order valence-corrected chi connectivity index (χ4v) is 1.50. The number of halogens is 1. The first-order chi connectivity index (χ1) is 5.72. The Balaban J connectivity index is 2.24. The highest BCUT2D eigenvalue weighted by Crippen LogP contribution is 2.39. The van der Waals surface area contributed by atoms with Gasteiger partial charge in [0.05, 0.1) is 6.61 Å². The number of alkyl halides is 1. The summed E-state index contributed by atoms with van der Waals surface area (Å²) in [6, 6.07) is 0. The van der Waals surface area contributed by atoms with Crippen molar-refractivity contribution in [2.75, 3.05) is 19.0 Å². The lowest BCUT2D eigenvalue weighted by Gasteiger charge is -2.40. The van der Waals surface area contributed by atoms with E-state index in [-0.39, 0.29) is 23.8 Å². The average Bonchev–Trinajstić information content (AvgIpc) is 2.03. The maximum atomic E-state index is 10.8. The Morgan fingerprint density at radius 1 is 1.58 bits per heavy atom. The topological polar surface area (TPSA) is 49.3 Å². The van der Waals surface area contributed by atoms with Gasteiger partial charge in [-0.3, -0.25) is 4.79 Å². The summed E-state index contributed by atoms with van der Waals surface area (Å²) in [5.41, 5.74) is -0.0400. The molecule has 0 bridgehead atoms. The van der Waals surface area contributed by atoms with Gasteiger partial charge in [0.25, 0.3) is 0 Å². The predicted octanol–water partition coefficient (Wildman–Crippen LogP) is 0.504. The van der Waals surface area contributed by atoms with E-state index in [1.54, 1.807) is 0 Å². The molecule has 1 amide bonds. The number of nitrogens with one attached hydrogen (secondary N) is 1. The first-order valence-corrected chi connectivity index (χ1v) is 4.69. The fraction of sp³-hybridized carbons (Fsp3) is 0.875. The van der Waals surface area contributed by atoms with Gasteiger partial charge in [-0.1, -0.05) is 6.42 Å². The second-order valence-corrected chi connectivity index (χ2v) is 3.69. The number of carbonyl (C=O) groups excluding carboxylic acids is 1. The Bertz CT molecular complexity index is 163. The van der Waals surface area contributed by atoms with E-state index < -0.39 is 0 Å². The van der Waals surface area contributed by atoms with E-state index in [0.29, 0.717) is 6.54 Å². The molecule has 0 aromatic heterocycles. The van der Waals surface area contributed by atoms with Crippen LogP contribution in [-0.4, -0.2) is 30.0 Å². The molecule has 70 valence electrons. The Hall–Kier alpha value is -0.280. The van der Waals surface area contributed by atoms with Gasteiger partial charge in [0.1, 0.15) is 5.88 Å². The van der Waals surface area contributed by atoms with Crippen LogP contribution in [0, 0.1) is 5.41 Å². The molecular weight excluding hydrogens is 178 g/mol. The van der Waals surface area contributed by atoms with Gasteiger partial charge in [0.2, 0.25) is 5.91 Å². The zero-order chi connectivity index (χ0) is 9.03. The van der Waals surface area contributed by atoms with Crippen molar-refractivity contribution in [3.63, 3.8) is 0 Å². The molecule has 1 saturated carbocycles. The van der Waals surface area contributed by atoms with Crippen LogP contribution in [0.15, 0.2) is 0 Å². The molecule has 3 nitrogen and oxygen atoms in total. The maximum Gasteiger partial charge on any atom is 0.234 e. The van der Waals surface area contributed by atoms with Crippen LogP contribution in [0.1, 0.15) is 19.3 Å². The smallest absolute Gasteiger partial charge is 0.234 e. The van der Waals surface area contributed by atoms with Gasteiger partial charge in [-0.25, -0.2) is 0 Å². The van der Waals surface area contributed by atoms with Gasteiger partial charge >= 0.3 is 0 Å². The van der Waals surface area contributed by atoms with Crippen LogP contribution in [0.2, 0.25) is 0 Å². The summed E-state index contributed by atoms with van der Waals surface area (Å²) in [6.07, 6.45) is 3.16. The van der Waals surface area contributed by atoms with Crippen molar-refractivity contribution in [1.82, 2.24) is 5.32 Å². The van der Waals surface area contributed by atoms with Crippen LogP contribution >= 0.6 is 11.6 Å². The fourth-order valence-electron chi connectivity index (χ4n) is 1.40. The average molecular weight is 192 g/mol. The monoisotopic (exact) mass is 191 g/mol. The highest BCUT2D eigenvalue weighted by atomic mass is 35.5. The molecule has 12 heavy (non-hydrogen) atoms. The minimum Gasteiger partial charge on any atom is -0.396 e. The second-order valence-electron chi connectivity index (χ2n) is 3.42. The third kappa shape index (κ3) is 2.11. The Labute approximate surface area is 77.1 Å². The van der Waals surface area contributed by atoms with E-state index in [9.17, 15) is 4.79 Å². The summed E-state index contributed by atoms with van der Waals surface area (Å²) < 4.78 is 0. The van der Waals surface area contributed by atoms with Gasteiger partial charge in [-0.05, 0) is 12.8 Å². The summed E-state index contributed by atoms with van der Waals surface area (Å²) in [7, 11) is 0. The summed E-state index contributed by atoms with van der Waals surface area (Å²) in [6.45, 7) is 0.727. The molecule has 1 fully saturated rings. The summed E-state index contributed by atoms with van der Waals surface area (Å²) in [4.78, 5) is 10.8. The van der Waals surface area contributed by atoms with Crippen molar-refractivity contribution in [1.29, 1.82) is 0 Å². The molecule has 4 heteroatoms. The summed E-state index contributed by atoms with van der Waals surface area (Å²) in [5, 5.41) is 11.7. The van der Waals surface area contributed by atoms with Crippen molar-refractivity contribution >= 4 is 17.5 Å². The Morgan fingerprint density at radius 2 is 2.25 bits per heavy atom. The summed E-state index contributed by atoms with van der Waals surface area (Å²) in [5.74, 6) is -0.155. The number of amides is 1. The predicted molar refractivity (Wildman–Crippen MR) is 47.1 cm³/mol. The number of hydrogen-bond donors (Lipinski definition) is 2. The van der Waals surface area contributed by atoms with Gasteiger partial charge < -0.3 is 10.4 Å². The van der Waals surface area contributed by atoms with Crippen molar-refractivity contribution in [3.8, 4) is 0 Å². The molecule has 1 aliphatic carbocycles. The number of aliphatic hydroxyl groups is 1. The lowest BCUT2D eigenvalue weighted by atomic mass is 9.69. The van der Waals surface area contributed by atoms with E-state index >= 15 is 0 Å². The van der Waals surface area contributed by atoms with Crippen LogP contribution in [0.25, 0.3) is 0 Å². The molecule has 0 saturated heterocycles. The zero-order valence-corrected chi connectivity index (χ0v) is 7.73. The molecule has 2 N–H and O–H groups in total. The molecule has 0 aromatic carbocycles. The van der Waals surface area contributed by atoms with E-state index in [1.807, 2.05) is 0 Å². The number of aliphatic hydroxyl groups excluding tert-OH is 1. The minimum atomic E-state index is -0.156. The highest BCUT2D eigenvalue weighted by Gasteiger charge is 2.36. The van der Waals surface area contributed by atoms with E-state index in [4.69, 9.17) is 16.7 Å². The third-order valence-electron chi connectivity index (χ3n) is 2.53. The molecule has 1 rings (SSSR count). The minimum absolute atomic E-state index is 0.00150. The standard InChI is InChI=1S/C8H14ClNO2/c9-4-7(12)10-5-8(6-11)2-1-3-8/h11H,1-6H2,(H,10,12). The van der Waals surface area contributed by atoms with Gasteiger partial charge in [0, 0.05) is 12.0 Å². The Kier molecular flexibility index (Phi) is 3.35. The maximum absolute atomic E-state index is 10.8. The molecule has 1 aliphatic rings. The normalized spacial score (nSPS) is 19.8. The molecule has 0 heterocycles. The largest absolute Gasteiger partial charge is 0.396 e. The number of carbonyl (C=O) groups is 1. The number of hydrogen-bond acceptors (Lipinski definition) is 2. The molecule has 0 aromatic rings. The molecule has 0 atom stereocenters. The first kappa shape index (κ1) is 9.81. The Morgan fingerprint density at radius 3 is 2.58 bits per heavy atom.